The number of aromatic nitrogens is 4. The molecule has 0 aliphatic rings. The van der Waals surface area contributed by atoms with Crippen LogP contribution in [0.25, 0.3) is 0 Å². The summed E-state index contributed by atoms with van der Waals surface area (Å²) in [5.41, 5.74) is 0.965. The van der Waals surface area contributed by atoms with Gasteiger partial charge in [-0.1, -0.05) is 19.0 Å². The van der Waals surface area contributed by atoms with E-state index in [9.17, 15) is 0 Å². The lowest BCUT2D eigenvalue weighted by Gasteiger charge is -2.08. The Balaban J connectivity index is 1.99. The average Bonchev–Trinajstić information content (AvgIpc) is 2.98. The van der Waals surface area contributed by atoms with Gasteiger partial charge in [0.2, 0.25) is 5.89 Å². The molecule has 0 unspecified atom stereocenters. The zero-order chi connectivity index (χ0) is 13.0. The van der Waals surface area contributed by atoms with Crippen molar-refractivity contribution in [1.29, 1.82) is 0 Å². The molecule has 0 spiro atoms. The van der Waals surface area contributed by atoms with Crippen molar-refractivity contribution < 1.29 is 4.52 Å². The molecule has 0 aromatic carbocycles. The highest BCUT2D eigenvalue weighted by Crippen LogP contribution is 2.17. The largest absolute Gasteiger partial charge is 0.371 e. The molecule has 0 amide bonds. The fourth-order valence-corrected chi connectivity index (χ4v) is 1.69. The number of nitrogens with one attached hydrogen (secondary N) is 1. The van der Waals surface area contributed by atoms with E-state index in [2.05, 4.69) is 27.5 Å². The van der Waals surface area contributed by atoms with Gasteiger partial charge < -0.3 is 9.84 Å². The summed E-state index contributed by atoms with van der Waals surface area (Å²) in [6.45, 7) is 7.05. The van der Waals surface area contributed by atoms with Crippen molar-refractivity contribution in [3.63, 3.8) is 0 Å². The van der Waals surface area contributed by atoms with Gasteiger partial charge >= 0.3 is 0 Å². The van der Waals surface area contributed by atoms with Crippen molar-refractivity contribution in [2.24, 2.45) is 0 Å². The van der Waals surface area contributed by atoms with E-state index in [4.69, 9.17) is 4.52 Å². The van der Waals surface area contributed by atoms with Crippen molar-refractivity contribution >= 4 is 5.69 Å². The van der Waals surface area contributed by atoms with Gasteiger partial charge in [-0.05, 0) is 13.3 Å². The van der Waals surface area contributed by atoms with Gasteiger partial charge in [-0.25, -0.2) is 0 Å². The zero-order valence-corrected chi connectivity index (χ0v) is 11.1. The van der Waals surface area contributed by atoms with Crippen LogP contribution in [0.15, 0.2) is 16.9 Å². The first kappa shape index (κ1) is 12.6. The Morgan fingerprint density at radius 1 is 1.44 bits per heavy atom. The van der Waals surface area contributed by atoms with Gasteiger partial charge in [0.15, 0.2) is 5.82 Å². The maximum absolute atomic E-state index is 5.19. The highest BCUT2D eigenvalue weighted by atomic mass is 16.5. The molecule has 6 heteroatoms. The predicted molar refractivity (Wildman–Crippen MR) is 68.2 cm³/mol. The third-order valence-corrected chi connectivity index (χ3v) is 2.64. The minimum atomic E-state index is -0.0166. The lowest BCUT2D eigenvalue weighted by Crippen LogP contribution is -2.06. The molecule has 0 aliphatic heterocycles. The highest BCUT2D eigenvalue weighted by Gasteiger charge is 2.13. The number of hydrogen-bond acceptors (Lipinski definition) is 5. The van der Waals surface area contributed by atoms with E-state index in [1.54, 1.807) is 0 Å². The van der Waals surface area contributed by atoms with Crippen LogP contribution < -0.4 is 5.32 Å². The average molecular weight is 249 g/mol. The fraction of sp³-hybridized carbons (Fsp3) is 0.583. The van der Waals surface area contributed by atoms with Gasteiger partial charge in [-0.3, -0.25) is 4.68 Å². The Hall–Kier alpha value is -1.85. The van der Waals surface area contributed by atoms with E-state index in [0.29, 0.717) is 5.89 Å². The third-order valence-electron chi connectivity index (χ3n) is 2.64. The molecule has 1 N–H and O–H groups in total. The summed E-state index contributed by atoms with van der Waals surface area (Å²) in [7, 11) is 0. The molecule has 2 aromatic rings. The molecular weight excluding hydrogens is 230 g/mol. The van der Waals surface area contributed by atoms with Crippen molar-refractivity contribution in [1.82, 2.24) is 19.9 Å². The second-order valence-electron chi connectivity index (χ2n) is 4.26. The van der Waals surface area contributed by atoms with Crippen LogP contribution in [-0.2, 0) is 13.0 Å². The van der Waals surface area contributed by atoms with Crippen molar-refractivity contribution in [3.05, 3.63) is 24.1 Å². The Morgan fingerprint density at radius 3 is 2.94 bits per heavy atom. The maximum atomic E-state index is 5.19. The second-order valence-corrected chi connectivity index (χ2v) is 4.26. The first-order valence-corrected chi connectivity index (χ1v) is 6.34. The molecule has 98 valence electrons. The number of rotatable bonds is 6. The topological polar surface area (TPSA) is 68.8 Å². The summed E-state index contributed by atoms with van der Waals surface area (Å²) in [6, 6.07) is -0.0166. The fourth-order valence-electron chi connectivity index (χ4n) is 1.69. The first-order chi connectivity index (χ1) is 8.72. The minimum Gasteiger partial charge on any atom is -0.371 e. The van der Waals surface area contributed by atoms with Crippen LogP contribution in [0.2, 0.25) is 0 Å². The van der Waals surface area contributed by atoms with Gasteiger partial charge in [0.1, 0.15) is 6.04 Å². The van der Waals surface area contributed by atoms with Crippen molar-refractivity contribution in [2.75, 3.05) is 5.32 Å². The van der Waals surface area contributed by atoms with Crippen LogP contribution in [0.3, 0.4) is 0 Å². The molecule has 0 radical (unpaired) electrons. The van der Waals surface area contributed by atoms with Gasteiger partial charge in [-0.2, -0.15) is 10.1 Å². The molecule has 0 fully saturated rings. The van der Waals surface area contributed by atoms with Gasteiger partial charge in [0.05, 0.1) is 11.9 Å². The van der Waals surface area contributed by atoms with Crippen LogP contribution >= 0.6 is 0 Å². The second kappa shape index (κ2) is 5.66. The summed E-state index contributed by atoms with van der Waals surface area (Å²) in [4.78, 5) is 4.30. The van der Waals surface area contributed by atoms with Crippen LogP contribution in [-0.4, -0.2) is 19.9 Å². The van der Waals surface area contributed by atoms with Gasteiger partial charge in [0, 0.05) is 19.2 Å². The minimum absolute atomic E-state index is 0.0166. The monoisotopic (exact) mass is 249 g/mol. The number of hydrogen-bond donors (Lipinski definition) is 1. The summed E-state index contributed by atoms with van der Waals surface area (Å²) in [6.07, 6.45) is 5.64. The van der Waals surface area contributed by atoms with Gasteiger partial charge in [0.25, 0.3) is 0 Å². The maximum Gasteiger partial charge on any atom is 0.248 e. The molecule has 1 atom stereocenters. The van der Waals surface area contributed by atoms with E-state index in [1.807, 2.05) is 30.9 Å². The number of anilines is 1. The van der Waals surface area contributed by atoms with E-state index in [1.165, 1.54) is 0 Å². The molecule has 0 aliphatic carbocycles. The molecule has 2 rings (SSSR count). The molecule has 2 heterocycles. The Bertz CT molecular complexity index is 490. The van der Waals surface area contributed by atoms with Gasteiger partial charge in [-0.15, -0.1) is 0 Å². The van der Waals surface area contributed by atoms with Crippen molar-refractivity contribution in [2.45, 2.75) is 46.2 Å². The Morgan fingerprint density at radius 2 is 2.28 bits per heavy atom. The smallest absolute Gasteiger partial charge is 0.248 e. The lowest BCUT2D eigenvalue weighted by atomic mass is 10.3. The predicted octanol–water partition coefficient (Wildman–Crippen LogP) is 2.41. The van der Waals surface area contributed by atoms with E-state index < -0.39 is 0 Å². The van der Waals surface area contributed by atoms with Crippen LogP contribution in [0.5, 0.6) is 0 Å². The molecule has 6 nitrogen and oxygen atoms in total. The molecule has 0 saturated carbocycles. The summed E-state index contributed by atoms with van der Waals surface area (Å²) in [5, 5.41) is 11.4. The molecule has 18 heavy (non-hydrogen) atoms. The number of aryl methyl sites for hydroxylation is 2. The molecule has 0 saturated heterocycles. The third kappa shape index (κ3) is 2.88. The quantitative estimate of drug-likeness (QED) is 0.851. The van der Waals surface area contributed by atoms with E-state index in [-0.39, 0.29) is 6.04 Å². The summed E-state index contributed by atoms with van der Waals surface area (Å²) < 4.78 is 7.11. The van der Waals surface area contributed by atoms with Crippen molar-refractivity contribution in [3.8, 4) is 0 Å². The van der Waals surface area contributed by atoms with Crippen LogP contribution in [0, 0.1) is 0 Å². The number of nitrogens with zero attached hydrogens (tertiary/aromatic N) is 4. The van der Waals surface area contributed by atoms with Crippen LogP contribution in [0.1, 0.15) is 44.9 Å². The zero-order valence-electron chi connectivity index (χ0n) is 11.1. The lowest BCUT2D eigenvalue weighted by molar-refractivity contribution is 0.363. The normalized spacial score (nSPS) is 12.6. The Kier molecular flexibility index (Phi) is 3.96. The summed E-state index contributed by atoms with van der Waals surface area (Å²) in [5.74, 6) is 1.34. The molecular formula is C12H19N5O. The molecule has 2 aromatic heterocycles. The standard InChI is InChI=1S/C12H19N5O/c1-4-6-17-8-10(7-13-17)14-9(3)12-15-11(5-2)16-18-12/h7-9,14H,4-6H2,1-3H3/t9-/m0/s1. The Labute approximate surface area is 106 Å². The highest BCUT2D eigenvalue weighted by molar-refractivity contribution is 5.39. The van der Waals surface area contributed by atoms with E-state index >= 15 is 0 Å². The summed E-state index contributed by atoms with van der Waals surface area (Å²) >= 11 is 0. The molecule has 0 bridgehead atoms. The first-order valence-electron chi connectivity index (χ1n) is 6.34. The van der Waals surface area contributed by atoms with E-state index in [0.717, 1.165) is 30.9 Å². The van der Waals surface area contributed by atoms with Crippen LogP contribution in [0.4, 0.5) is 5.69 Å². The SMILES string of the molecule is CCCn1cc(N[C@@H](C)c2nc(CC)no2)cn1.